The van der Waals surface area contributed by atoms with E-state index in [2.05, 4.69) is 0 Å². The number of aromatic hydroxyl groups is 6. The predicted octanol–water partition coefficient (Wildman–Crippen LogP) is -2.58. The molecular formula is C14H12GeO10. The summed E-state index contributed by atoms with van der Waals surface area (Å²) in [7, 11) is 0. The summed E-state index contributed by atoms with van der Waals surface area (Å²) in [5.74, 6) is -7.38. The standard InChI is InChI=1S/2C7H6O5.GeH2/c2*8-4-1-3(7(11)12)2-5(9)6(4)10;/h2*1-2,8-10H,(H,11,12);1H2/q;;+2/p-2. The zero-order chi connectivity index (χ0) is 18.6. The second-order valence-electron chi connectivity index (χ2n) is 4.30. The minimum atomic E-state index is -1.54. The number of carboxylic acid groups (broad SMARTS) is 2. The summed E-state index contributed by atoms with van der Waals surface area (Å²) in [6.07, 6.45) is 0. The van der Waals surface area contributed by atoms with E-state index in [1.807, 2.05) is 0 Å². The third kappa shape index (κ3) is 5.39. The Kier molecular flexibility index (Phi) is 7.42. The Morgan fingerprint density at radius 2 is 0.800 bits per heavy atom. The first-order valence-corrected chi connectivity index (χ1v) is 5.97. The fourth-order valence-corrected chi connectivity index (χ4v) is 1.44. The van der Waals surface area contributed by atoms with Gasteiger partial charge in [0.05, 0.1) is 11.9 Å². The molecule has 0 unspecified atom stereocenters. The molecule has 10 nitrogen and oxygen atoms in total. The molecule has 2 aromatic rings. The van der Waals surface area contributed by atoms with Crippen LogP contribution in [0.5, 0.6) is 34.5 Å². The number of carbonyl (C=O) groups is 2. The minimum absolute atomic E-state index is 0. The summed E-state index contributed by atoms with van der Waals surface area (Å²) >= 11 is 0. The summed E-state index contributed by atoms with van der Waals surface area (Å²) in [4.78, 5) is 20.4. The van der Waals surface area contributed by atoms with E-state index < -0.39 is 57.6 Å². The molecule has 0 aliphatic rings. The van der Waals surface area contributed by atoms with E-state index in [1.54, 1.807) is 0 Å². The molecule has 0 atom stereocenters. The predicted molar refractivity (Wildman–Crippen MR) is 80.1 cm³/mol. The summed E-state index contributed by atoms with van der Waals surface area (Å²) in [6.45, 7) is 0. The molecule has 0 saturated heterocycles. The molecule has 0 aliphatic carbocycles. The summed E-state index contributed by atoms with van der Waals surface area (Å²) in [5, 5.41) is 73.3. The van der Waals surface area contributed by atoms with Crippen molar-refractivity contribution in [3.05, 3.63) is 35.4 Å². The molecule has 0 spiro atoms. The van der Waals surface area contributed by atoms with Gasteiger partial charge in [0, 0.05) is 11.1 Å². The number of carbonyl (C=O) groups excluding carboxylic acids is 2. The molecule has 132 valence electrons. The molecule has 2 rings (SSSR count). The van der Waals surface area contributed by atoms with Crippen LogP contribution in [-0.4, -0.2) is 60.2 Å². The van der Waals surface area contributed by atoms with E-state index >= 15 is 0 Å². The van der Waals surface area contributed by atoms with Gasteiger partial charge in [-0.3, -0.25) is 0 Å². The number of aromatic carboxylic acids is 2. The van der Waals surface area contributed by atoms with Gasteiger partial charge in [-0.2, -0.15) is 0 Å². The Morgan fingerprint density at radius 3 is 0.960 bits per heavy atom. The molecule has 0 saturated carbocycles. The molecule has 0 aromatic heterocycles. The SMILES string of the molecule is O=C([O-])c1cc(O)c(O)c(O)c1.O=C([O-])c1cc(O)c(O)c(O)c1.[GeH2+2]. The van der Waals surface area contributed by atoms with Crippen LogP contribution in [0.1, 0.15) is 20.7 Å². The number of phenolic OH excluding ortho intramolecular Hbond substituents is 6. The molecule has 0 fully saturated rings. The fraction of sp³-hybridized carbons (Fsp3) is 0. The van der Waals surface area contributed by atoms with Crippen LogP contribution in [0, 0.1) is 0 Å². The maximum atomic E-state index is 10.2. The van der Waals surface area contributed by atoms with Crippen molar-refractivity contribution in [2.45, 2.75) is 0 Å². The first kappa shape index (κ1) is 21.7. The number of carboxylic acids is 2. The van der Waals surface area contributed by atoms with Crippen LogP contribution < -0.4 is 10.2 Å². The van der Waals surface area contributed by atoms with Crippen LogP contribution >= 0.6 is 0 Å². The Morgan fingerprint density at radius 1 is 0.600 bits per heavy atom. The number of hydrogen-bond donors (Lipinski definition) is 6. The van der Waals surface area contributed by atoms with Gasteiger partial charge >= 0.3 is 17.6 Å². The van der Waals surface area contributed by atoms with Crippen LogP contribution in [0.25, 0.3) is 0 Å². The monoisotopic (exact) mass is 414 g/mol. The normalized spacial score (nSPS) is 9.28. The molecule has 0 heterocycles. The van der Waals surface area contributed by atoms with Crippen molar-refractivity contribution in [2.24, 2.45) is 0 Å². The second kappa shape index (κ2) is 8.54. The molecule has 6 N–H and O–H groups in total. The second-order valence-corrected chi connectivity index (χ2v) is 4.30. The summed E-state index contributed by atoms with van der Waals surface area (Å²) in [6, 6.07) is 3.13. The summed E-state index contributed by atoms with van der Waals surface area (Å²) in [5.41, 5.74) is -0.800. The van der Waals surface area contributed by atoms with Crippen LogP contribution in [-0.2, 0) is 0 Å². The number of hydrogen-bond acceptors (Lipinski definition) is 10. The van der Waals surface area contributed by atoms with Crippen molar-refractivity contribution in [1.29, 1.82) is 0 Å². The Bertz CT molecular complexity index is 689. The van der Waals surface area contributed by atoms with E-state index in [-0.39, 0.29) is 17.6 Å². The molecule has 0 amide bonds. The third-order valence-corrected chi connectivity index (χ3v) is 2.61. The van der Waals surface area contributed by atoms with Crippen molar-refractivity contribution in [2.75, 3.05) is 0 Å². The van der Waals surface area contributed by atoms with Gasteiger partial charge < -0.3 is 50.4 Å². The van der Waals surface area contributed by atoms with Gasteiger partial charge in [-0.05, 0) is 24.3 Å². The van der Waals surface area contributed by atoms with Crippen molar-refractivity contribution in [1.82, 2.24) is 0 Å². The van der Waals surface area contributed by atoms with Crippen LogP contribution in [0.3, 0.4) is 0 Å². The number of rotatable bonds is 2. The van der Waals surface area contributed by atoms with E-state index in [0.29, 0.717) is 0 Å². The average Bonchev–Trinajstić information content (AvgIpc) is 2.49. The average molecular weight is 413 g/mol. The molecule has 0 radical (unpaired) electrons. The molecular weight excluding hydrogens is 401 g/mol. The van der Waals surface area contributed by atoms with Gasteiger partial charge in [0.2, 0.25) is 0 Å². The zero-order valence-electron chi connectivity index (χ0n) is 12.3. The van der Waals surface area contributed by atoms with E-state index in [9.17, 15) is 19.8 Å². The van der Waals surface area contributed by atoms with Crippen LogP contribution in [0.4, 0.5) is 0 Å². The molecule has 11 heteroatoms. The van der Waals surface area contributed by atoms with Gasteiger partial charge in [-0.15, -0.1) is 0 Å². The van der Waals surface area contributed by atoms with Crippen LogP contribution in [0.2, 0.25) is 0 Å². The first-order valence-electron chi connectivity index (χ1n) is 5.97. The fourth-order valence-electron chi connectivity index (χ4n) is 1.44. The molecule has 0 bridgehead atoms. The van der Waals surface area contributed by atoms with Crippen molar-refractivity contribution in [3.63, 3.8) is 0 Å². The van der Waals surface area contributed by atoms with Gasteiger partial charge in [-0.1, -0.05) is 0 Å². The molecule has 0 aliphatic heterocycles. The van der Waals surface area contributed by atoms with Gasteiger partial charge in [0.1, 0.15) is 0 Å². The van der Waals surface area contributed by atoms with E-state index in [0.717, 1.165) is 24.3 Å². The van der Waals surface area contributed by atoms with E-state index in [4.69, 9.17) is 30.6 Å². The Hall–Kier alpha value is -3.28. The van der Waals surface area contributed by atoms with Gasteiger partial charge in [0.15, 0.2) is 34.5 Å². The Balaban J connectivity index is 0.000000443. The maximum absolute atomic E-state index is 10.2. The quantitative estimate of drug-likeness (QED) is 0.224. The van der Waals surface area contributed by atoms with Crippen molar-refractivity contribution >= 4 is 29.5 Å². The zero-order valence-corrected chi connectivity index (χ0v) is 15.3. The third-order valence-electron chi connectivity index (χ3n) is 2.61. The van der Waals surface area contributed by atoms with E-state index in [1.165, 1.54) is 0 Å². The van der Waals surface area contributed by atoms with Crippen molar-refractivity contribution < 1.29 is 50.4 Å². The topological polar surface area (TPSA) is 202 Å². The number of phenols is 6. The molecule has 2 aromatic carbocycles. The van der Waals surface area contributed by atoms with Crippen molar-refractivity contribution in [3.8, 4) is 34.5 Å². The van der Waals surface area contributed by atoms with Crippen LogP contribution in [0.15, 0.2) is 24.3 Å². The van der Waals surface area contributed by atoms with Gasteiger partial charge in [-0.25, -0.2) is 0 Å². The number of benzene rings is 2. The summed E-state index contributed by atoms with van der Waals surface area (Å²) < 4.78 is 0. The molecule has 25 heavy (non-hydrogen) atoms. The Labute approximate surface area is 150 Å². The first-order chi connectivity index (χ1) is 11.0. The van der Waals surface area contributed by atoms with Gasteiger partial charge in [0.25, 0.3) is 0 Å².